The van der Waals surface area contributed by atoms with E-state index in [-0.39, 0.29) is 11.6 Å². The average molecular weight is 398 g/mol. The number of nitrogens with zero attached hydrogens (tertiary/aromatic N) is 1. The Kier molecular flexibility index (Phi) is 5.46. The molecule has 5 nitrogen and oxygen atoms in total. The van der Waals surface area contributed by atoms with Crippen LogP contribution in [0.1, 0.15) is 23.3 Å². The second kappa shape index (κ2) is 7.61. The van der Waals surface area contributed by atoms with Crippen molar-refractivity contribution in [3.63, 3.8) is 0 Å². The lowest BCUT2D eigenvalue weighted by atomic mass is 9.92. The smallest absolute Gasteiger partial charge is 0.323 e. The number of benzene rings is 2. The van der Waals surface area contributed by atoms with Crippen LogP contribution in [0.2, 0.25) is 10.0 Å². The SMILES string of the molecule is O=C(O)CN1C(=O)COC(c2ccc(Cl)c(F)c2)C1c1ccc(Cl)cc1. The molecule has 0 saturated carbocycles. The first-order valence-corrected chi connectivity index (χ1v) is 8.45. The number of hydrogen-bond acceptors (Lipinski definition) is 3. The van der Waals surface area contributed by atoms with E-state index in [9.17, 15) is 19.1 Å². The highest BCUT2D eigenvalue weighted by Crippen LogP contribution is 2.40. The van der Waals surface area contributed by atoms with E-state index < -0.39 is 36.4 Å². The third-order valence-electron chi connectivity index (χ3n) is 4.12. The molecule has 0 aliphatic carbocycles. The van der Waals surface area contributed by atoms with Crippen LogP contribution in [0.3, 0.4) is 0 Å². The molecule has 2 unspecified atom stereocenters. The van der Waals surface area contributed by atoms with Crippen LogP contribution in [0.15, 0.2) is 42.5 Å². The fourth-order valence-corrected chi connectivity index (χ4v) is 3.21. The summed E-state index contributed by atoms with van der Waals surface area (Å²) in [6.45, 7) is -0.797. The van der Waals surface area contributed by atoms with Gasteiger partial charge in [-0.25, -0.2) is 4.39 Å². The van der Waals surface area contributed by atoms with E-state index in [0.717, 1.165) is 0 Å². The number of ether oxygens (including phenoxy) is 1. The van der Waals surface area contributed by atoms with Gasteiger partial charge in [0.1, 0.15) is 25.1 Å². The van der Waals surface area contributed by atoms with Crippen LogP contribution in [-0.2, 0) is 14.3 Å². The number of halogens is 3. The minimum absolute atomic E-state index is 0.0360. The van der Waals surface area contributed by atoms with Crippen LogP contribution in [0, 0.1) is 5.82 Å². The van der Waals surface area contributed by atoms with Gasteiger partial charge < -0.3 is 14.7 Å². The van der Waals surface area contributed by atoms with Gasteiger partial charge in [0.25, 0.3) is 0 Å². The first kappa shape index (κ1) is 18.6. The molecule has 1 amide bonds. The summed E-state index contributed by atoms with van der Waals surface area (Å²) in [7, 11) is 0. The zero-order chi connectivity index (χ0) is 18.8. The van der Waals surface area contributed by atoms with Crippen molar-refractivity contribution in [2.75, 3.05) is 13.2 Å². The Labute approximate surface area is 158 Å². The summed E-state index contributed by atoms with van der Waals surface area (Å²) < 4.78 is 19.6. The molecular weight excluding hydrogens is 384 g/mol. The second-order valence-corrected chi connectivity index (χ2v) is 6.66. The molecule has 1 saturated heterocycles. The monoisotopic (exact) mass is 397 g/mol. The highest BCUT2D eigenvalue weighted by atomic mass is 35.5. The Bertz CT molecular complexity index is 844. The molecule has 0 aromatic heterocycles. The lowest BCUT2D eigenvalue weighted by Gasteiger charge is -2.40. The number of hydrogen-bond donors (Lipinski definition) is 1. The summed E-state index contributed by atoms with van der Waals surface area (Å²) in [5.74, 6) is -2.23. The van der Waals surface area contributed by atoms with Crippen LogP contribution < -0.4 is 0 Å². The van der Waals surface area contributed by atoms with Crippen molar-refractivity contribution in [1.82, 2.24) is 4.90 Å². The first-order valence-electron chi connectivity index (χ1n) is 7.70. The minimum atomic E-state index is -1.15. The Morgan fingerprint density at radius 2 is 1.85 bits per heavy atom. The molecule has 2 aromatic rings. The van der Waals surface area contributed by atoms with Gasteiger partial charge in [0.15, 0.2) is 0 Å². The molecule has 1 N–H and O–H groups in total. The zero-order valence-corrected chi connectivity index (χ0v) is 14.9. The first-order chi connectivity index (χ1) is 12.4. The summed E-state index contributed by atoms with van der Waals surface area (Å²) in [4.78, 5) is 24.8. The number of amides is 1. The summed E-state index contributed by atoms with van der Waals surface area (Å²) in [5, 5.41) is 9.66. The number of aliphatic carboxylic acids is 1. The van der Waals surface area contributed by atoms with Gasteiger partial charge in [-0.05, 0) is 35.4 Å². The molecule has 26 heavy (non-hydrogen) atoms. The lowest BCUT2D eigenvalue weighted by molar-refractivity contribution is -0.164. The number of rotatable bonds is 4. The third kappa shape index (κ3) is 3.82. The predicted molar refractivity (Wildman–Crippen MR) is 93.6 cm³/mol. The van der Waals surface area contributed by atoms with Crippen LogP contribution >= 0.6 is 23.2 Å². The van der Waals surface area contributed by atoms with E-state index in [1.165, 1.54) is 17.0 Å². The molecule has 136 valence electrons. The minimum Gasteiger partial charge on any atom is -0.480 e. The summed E-state index contributed by atoms with van der Waals surface area (Å²) >= 11 is 11.7. The van der Waals surface area contributed by atoms with Gasteiger partial charge in [0, 0.05) is 5.02 Å². The predicted octanol–water partition coefficient (Wildman–Crippen LogP) is 3.86. The average Bonchev–Trinajstić information content (AvgIpc) is 2.60. The molecule has 1 aliphatic rings. The highest BCUT2D eigenvalue weighted by molar-refractivity contribution is 6.30. The zero-order valence-electron chi connectivity index (χ0n) is 13.4. The van der Waals surface area contributed by atoms with Gasteiger partial charge in [0.2, 0.25) is 5.91 Å². The van der Waals surface area contributed by atoms with Crippen molar-refractivity contribution in [2.45, 2.75) is 12.1 Å². The third-order valence-corrected chi connectivity index (χ3v) is 4.68. The molecule has 1 heterocycles. The Morgan fingerprint density at radius 1 is 1.19 bits per heavy atom. The summed E-state index contributed by atoms with van der Waals surface area (Å²) in [6, 6.07) is 10.1. The van der Waals surface area contributed by atoms with E-state index >= 15 is 0 Å². The maximum absolute atomic E-state index is 13.9. The van der Waals surface area contributed by atoms with E-state index in [1.54, 1.807) is 30.3 Å². The maximum atomic E-state index is 13.9. The largest absolute Gasteiger partial charge is 0.480 e. The van der Waals surface area contributed by atoms with E-state index in [2.05, 4.69) is 0 Å². The molecule has 1 fully saturated rings. The van der Waals surface area contributed by atoms with Crippen LogP contribution in [0.4, 0.5) is 4.39 Å². The fraction of sp³-hybridized carbons (Fsp3) is 0.222. The second-order valence-electron chi connectivity index (χ2n) is 5.82. The number of morpholine rings is 1. The molecule has 3 rings (SSSR count). The number of carboxylic acids is 1. The normalized spacial score (nSPS) is 20.3. The van der Waals surface area contributed by atoms with Crippen LogP contribution in [-0.4, -0.2) is 35.0 Å². The quantitative estimate of drug-likeness (QED) is 0.850. The van der Waals surface area contributed by atoms with E-state index in [4.69, 9.17) is 27.9 Å². The van der Waals surface area contributed by atoms with Crippen LogP contribution in [0.5, 0.6) is 0 Å². The van der Waals surface area contributed by atoms with Crippen LogP contribution in [0.25, 0.3) is 0 Å². The molecule has 1 aliphatic heterocycles. The van der Waals surface area contributed by atoms with Crippen molar-refractivity contribution < 1.29 is 23.8 Å². The molecule has 0 bridgehead atoms. The molecular formula is C18H14Cl2FNO4. The van der Waals surface area contributed by atoms with E-state index in [1.807, 2.05) is 0 Å². The van der Waals surface area contributed by atoms with Gasteiger partial charge in [-0.1, -0.05) is 41.4 Å². The van der Waals surface area contributed by atoms with Gasteiger partial charge in [-0.15, -0.1) is 0 Å². The molecule has 0 radical (unpaired) electrons. The Balaban J connectivity index is 2.07. The van der Waals surface area contributed by atoms with E-state index in [0.29, 0.717) is 16.1 Å². The maximum Gasteiger partial charge on any atom is 0.323 e. The number of carbonyl (C=O) groups is 2. The Morgan fingerprint density at radius 3 is 2.46 bits per heavy atom. The van der Waals surface area contributed by atoms with Crippen molar-refractivity contribution in [3.8, 4) is 0 Å². The van der Waals surface area contributed by atoms with Crippen molar-refractivity contribution >= 4 is 35.1 Å². The Hall–Kier alpha value is -2.15. The van der Waals surface area contributed by atoms with Crippen molar-refractivity contribution in [3.05, 3.63) is 69.5 Å². The molecule has 8 heteroatoms. The van der Waals surface area contributed by atoms with Gasteiger partial charge >= 0.3 is 5.97 Å². The number of carbonyl (C=O) groups excluding carboxylic acids is 1. The summed E-state index contributed by atoms with van der Waals surface area (Å²) in [5.41, 5.74) is 1.08. The topological polar surface area (TPSA) is 66.8 Å². The molecule has 2 atom stereocenters. The van der Waals surface area contributed by atoms with Gasteiger partial charge in [-0.2, -0.15) is 0 Å². The van der Waals surface area contributed by atoms with Crippen molar-refractivity contribution in [2.24, 2.45) is 0 Å². The fourth-order valence-electron chi connectivity index (χ4n) is 2.97. The van der Waals surface area contributed by atoms with Gasteiger partial charge in [0.05, 0.1) is 11.1 Å². The van der Waals surface area contributed by atoms with Crippen molar-refractivity contribution in [1.29, 1.82) is 0 Å². The van der Waals surface area contributed by atoms with Gasteiger partial charge in [-0.3, -0.25) is 9.59 Å². The number of carboxylic acid groups (broad SMARTS) is 1. The summed E-state index contributed by atoms with van der Waals surface area (Å²) in [6.07, 6.45) is -0.750. The molecule has 0 spiro atoms. The lowest BCUT2D eigenvalue weighted by Crippen LogP contribution is -2.47. The highest BCUT2D eigenvalue weighted by Gasteiger charge is 2.39. The standard InChI is InChI=1S/C18H14Cl2FNO4/c19-12-4-1-10(2-5-12)17-18(11-3-6-13(20)14(21)7-11)26-9-15(23)22(17)8-16(24)25/h1-7,17-18H,8-9H2,(H,24,25). The molecule has 2 aromatic carbocycles.